The van der Waals surface area contributed by atoms with Crippen LogP contribution in [-0.4, -0.2) is 26.5 Å². The summed E-state index contributed by atoms with van der Waals surface area (Å²) in [6.07, 6.45) is 0. The molecule has 0 spiro atoms. The maximum absolute atomic E-state index is 13.0. The lowest BCUT2D eigenvalue weighted by atomic mass is 10.1. The molecular weight excluding hydrogens is 364 g/mol. The minimum Gasteiger partial charge on any atom is -0.392 e. The van der Waals surface area contributed by atoms with Crippen molar-refractivity contribution in [2.24, 2.45) is 0 Å². The van der Waals surface area contributed by atoms with Crippen LogP contribution in [-0.2, 0) is 23.2 Å². The molecule has 0 aliphatic carbocycles. The SMILES string of the molecule is CN1C(=O)c2cccc3c(S(=O)(=O)NCc4ccccc4CO)ccc1c23. The Bertz CT molecular complexity index is 1170. The zero-order valence-corrected chi connectivity index (χ0v) is 15.5. The van der Waals surface area contributed by atoms with E-state index in [1.165, 1.54) is 11.0 Å². The van der Waals surface area contributed by atoms with Gasteiger partial charge in [-0.2, -0.15) is 0 Å². The number of aliphatic hydroxyl groups excluding tert-OH is 1. The predicted molar refractivity (Wildman–Crippen MR) is 103 cm³/mol. The zero-order chi connectivity index (χ0) is 19.2. The second kappa shape index (κ2) is 6.45. The predicted octanol–water partition coefficient (Wildman–Crippen LogP) is 2.40. The first-order chi connectivity index (χ1) is 12.9. The third-order valence-corrected chi connectivity index (χ3v) is 6.37. The van der Waals surface area contributed by atoms with E-state index in [2.05, 4.69) is 4.72 Å². The van der Waals surface area contributed by atoms with Gasteiger partial charge < -0.3 is 10.0 Å². The van der Waals surface area contributed by atoms with Crippen molar-refractivity contribution in [3.63, 3.8) is 0 Å². The van der Waals surface area contributed by atoms with E-state index in [-0.39, 0.29) is 24.0 Å². The Hall–Kier alpha value is -2.74. The maximum atomic E-state index is 13.0. The van der Waals surface area contributed by atoms with Crippen LogP contribution in [0, 0.1) is 0 Å². The molecule has 0 atom stereocenters. The molecule has 3 aromatic carbocycles. The van der Waals surface area contributed by atoms with E-state index in [0.29, 0.717) is 33.2 Å². The lowest BCUT2D eigenvalue weighted by Crippen LogP contribution is -2.24. The fourth-order valence-corrected chi connectivity index (χ4v) is 4.69. The normalized spacial score (nSPS) is 13.6. The van der Waals surface area contributed by atoms with Crippen LogP contribution in [0.3, 0.4) is 0 Å². The molecule has 7 heteroatoms. The molecule has 1 amide bonds. The summed E-state index contributed by atoms with van der Waals surface area (Å²) in [4.78, 5) is 14.0. The Balaban J connectivity index is 1.75. The summed E-state index contributed by atoms with van der Waals surface area (Å²) in [7, 11) is -2.14. The Morgan fingerprint density at radius 3 is 2.48 bits per heavy atom. The summed E-state index contributed by atoms with van der Waals surface area (Å²) >= 11 is 0. The lowest BCUT2D eigenvalue weighted by Gasteiger charge is -2.13. The quantitative estimate of drug-likeness (QED) is 0.709. The van der Waals surface area contributed by atoms with Gasteiger partial charge >= 0.3 is 0 Å². The highest BCUT2D eigenvalue weighted by Gasteiger charge is 2.29. The molecule has 6 nitrogen and oxygen atoms in total. The minimum absolute atomic E-state index is 0.0703. The van der Waals surface area contributed by atoms with Gasteiger partial charge in [-0.05, 0) is 29.3 Å². The standard InChI is InChI=1S/C20H18N2O4S/c1-22-17-9-10-18(15-7-4-8-16(19(15)17)20(22)24)27(25,26)21-11-13-5-2-3-6-14(13)12-23/h2-10,21,23H,11-12H2,1H3. The summed E-state index contributed by atoms with van der Waals surface area (Å²) in [6.45, 7) is -0.0891. The molecule has 1 heterocycles. The number of anilines is 1. The number of carbonyl (C=O) groups excluding carboxylic acids is 1. The number of sulfonamides is 1. The van der Waals surface area contributed by atoms with E-state index in [9.17, 15) is 18.3 Å². The van der Waals surface area contributed by atoms with Crippen molar-refractivity contribution in [3.05, 3.63) is 71.3 Å². The molecule has 0 saturated carbocycles. The van der Waals surface area contributed by atoms with Crippen molar-refractivity contribution >= 4 is 32.4 Å². The molecule has 3 aromatic rings. The number of carbonyl (C=O) groups is 1. The van der Waals surface area contributed by atoms with E-state index < -0.39 is 10.0 Å². The number of hydrogen-bond donors (Lipinski definition) is 2. The number of aliphatic hydroxyl groups is 1. The molecule has 0 radical (unpaired) electrons. The van der Waals surface area contributed by atoms with Crippen molar-refractivity contribution in [2.75, 3.05) is 11.9 Å². The largest absolute Gasteiger partial charge is 0.392 e. The summed E-state index contributed by atoms with van der Waals surface area (Å²) in [5, 5.41) is 10.6. The highest BCUT2D eigenvalue weighted by atomic mass is 32.2. The molecule has 1 aliphatic rings. The minimum atomic E-state index is -3.81. The van der Waals surface area contributed by atoms with Crippen LogP contribution in [0.25, 0.3) is 10.8 Å². The molecular formula is C20H18N2O4S. The topological polar surface area (TPSA) is 86.7 Å². The van der Waals surface area contributed by atoms with Crippen LogP contribution in [0.15, 0.2) is 59.5 Å². The van der Waals surface area contributed by atoms with E-state index in [1.807, 2.05) is 0 Å². The van der Waals surface area contributed by atoms with Gasteiger partial charge in [-0.15, -0.1) is 0 Å². The van der Waals surface area contributed by atoms with Gasteiger partial charge in [0.25, 0.3) is 5.91 Å². The van der Waals surface area contributed by atoms with Gasteiger partial charge in [0.05, 0.1) is 17.2 Å². The van der Waals surface area contributed by atoms with Gasteiger partial charge in [0.2, 0.25) is 10.0 Å². The first-order valence-corrected chi connectivity index (χ1v) is 9.93. The fourth-order valence-electron chi connectivity index (χ4n) is 3.48. The second-order valence-electron chi connectivity index (χ2n) is 6.43. The van der Waals surface area contributed by atoms with Crippen molar-refractivity contribution in [1.29, 1.82) is 0 Å². The molecule has 4 rings (SSSR count). The highest BCUT2D eigenvalue weighted by molar-refractivity contribution is 7.89. The molecule has 138 valence electrons. The average molecular weight is 382 g/mol. The van der Waals surface area contributed by atoms with Crippen LogP contribution >= 0.6 is 0 Å². The molecule has 0 aromatic heterocycles. The number of hydrogen-bond acceptors (Lipinski definition) is 4. The summed E-state index contributed by atoms with van der Waals surface area (Å²) in [5.74, 6) is -0.144. The Labute approximate surface area is 157 Å². The van der Waals surface area contributed by atoms with Crippen LogP contribution in [0.2, 0.25) is 0 Å². The monoisotopic (exact) mass is 382 g/mol. The first-order valence-electron chi connectivity index (χ1n) is 8.45. The van der Waals surface area contributed by atoms with E-state index in [0.717, 1.165) is 0 Å². The van der Waals surface area contributed by atoms with Crippen molar-refractivity contribution in [2.45, 2.75) is 18.0 Å². The van der Waals surface area contributed by atoms with Crippen LogP contribution in [0.4, 0.5) is 5.69 Å². The number of benzene rings is 3. The maximum Gasteiger partial charge on any atom is 0.258 e. The molecule has 27 heavy (non-hydrogen) atoms. The van der Waals surface area contributed by atoms with Gasteiger partial charge in [0.15, 0.2) is 0 Å². The third kappa shape index (κ3) is 2.80. The number of rotatable bonds is 5. The van der Waals surface area contributed by atoms with Crippen LogP contribution in [0.5, 0.6) is 0 Å². The molecule has 0 fully saturated rings. The van der Waals surface area contributed by atoms with Gasteiger partial charge in [-0.25, -0.2) is 13.1 Å². The Kier molecular flexibility index (Phi) is 4.22. The highest BCUT2D eigenvalue weighted by Crippen LogP contribution is 2.39. The van der Waals surface area contributed by atoms with E-state index >= 15 is 0 Å². The average Bonchev–Trinajstić information content (AvgIpc) is 2.93. The Morgan fingerprint density at radius 2 is 1.74 bits per heavy atom. The van der Waals surface area contributed by atoms with Gasteiger partial charge in [-0.3, -0.25) is 4.79 Å². The molecule has 2 N–H and O–H groups in total. The number of nitrogens with zero attached hydrogens (tertiary/aromatic N) is 1. The van der Waals surface area contributed by atoms with E-state index in [1.54, 1.807) is 55.6 Å². The molecule has 0 unspecified atom stereocenters. The van der Waals surface area contributed by atoms with Crippen molar-refractivity contribution in [3.8, 4) is 0 Å². The summed E-state index contributed by atoms with van der Waals surface area (Å²) in [6, 6.07) is 15.4. The fraction of sp³-hybridized carbons (Fsp3) is 0.150. The first kappa shape index (κ1) is 17.7. The molecule has 0 bridgehead atoms. The number of nitrogens with one attached hydrogen (secondary N) is 1. The lowest BCUT2D eigenvalue weighted by molar-refractivity contribution is 0.0999. The zero-order valence-electron chi connectivity index (χ0n) is 14.6. The summed E-state index contributed by atoms with van der Waals surface area (Å²) < 4.78 is 28.5. The Morgan fingerprint density at radius 1 is 1.00 bits per heavy atom. The number of amides is 1. The summed E-state index contributed by atoms with van der Waals surface area (Å²) in [5.41, 5.74) is 2.60. The van der Waals surface area contributed by atoms with Gasteiger partial charge in [-0.1, -0.05) is 36.4 Å². The second-order valence-corrected chi connectivity index (χ2v) is 8.16. The van der Waals surface area contributed by atoms with Crippen LogP contribution in [0.1, 0.15) is 21.5 Å². The third-order valence-electron chi connectivity index (χ3n) is 4.91. The molecule has 1 aliphatic heterocycles. The van der Waals surface area contributed by atoms with Crippen molar-refractivity contribution in [1.82, 2.24) is 4.72 Å². The smallest absolute Gasteiger partial charge is 0.258 e. The van der Waals surface area contributed by atoms with Gasteiger partial charge in [0.1, 0.15) is 0 Å². The van der Waals surface area contributed by atoms with E-state index in [4.69, 9.17) is 0 Å². The molecule has 0 saturated heterocycles. The van der Waals surface area contributed by atoms with Gasteiger partial charge in [0, 0.05) is 29.9 Å². The van der Waals surface area contributed by atoms with Crippen molar-refractivity contribution < 1.29 is 18.3 Å². The van der Waals surface area contributed by atoms with Crippen LogP contribution < -0.4 is 9.62 Å².